The Morgan fingerprint density at radius 3 is 2.44 bits per heavy atom. The van der Waals surface area contributed by atoms with E-state index in [1.165, 1.54) is 4.90 Å². The van der Waals surface area contributed by atoms with Gasteiger partial charge in [0.25, 0.3) is 0 Å². The van der Waals surface area contributed by atoms with Crippen LogP contribution < -0.4 is 5.32 Å². The molecule has 0 spiro atoms. The van der Waals surface area contributed by atoms with Crippen LogP contribution in [-0.4, -0.2) is 35.1 Å². The number of para-hydroxylation sites is 1. The van der Waals surface area contributed by atoms with Crippen molar-refractivity contribution in [1.29, 1.82) is 0 Å². The lowest BCUT2D eigenvalue weighted by Crippen LogP contribution is -2.37. The lowest BCUT2D eigenvalue weighted by Gasteiger charge is -2.21. The highest BCUT2D eigenvalue weighted by molar-refractivity contribution is 5.89. The molecule has 1 aromatic carbocycles. The molecule has 18 heavy (non-hydrogen) atoms. The number of urea groups is 1. The number of rotatable bonds is 6. The number of nitrogens with zero attached hydrogens (tertiary/aromatic N) is 1. The van der Waals surface area contributed by atoms with E-state index in [4.69, 9.17) is 5.11 Å². The van der Waals surface area contributed by atoms with Crippen molar-refractivity contribution in [3.05, 3.63) is 30.3 Å². The molecule has 0 atom stereocenters. The number of amides is 2. The predicted molar refractivity (Wildman–Crippen MR) is 69.6 cm³/mol. The molecule has 5 heteroatoms. The van der Waals surface area contributed by atoms with E-state index in [0.717, 1.165) is 6.42 Å². The number of anilines is 1. The van der Waals surface area contributed by atoms with E-state index in [2.05, 4.69) is 5.32 Å². The Kier molecular flexibility index (Phi) is 5.70. The Morgan fingerprint density at radius 2 is 1.89 bits per heavy atom. The Labute approximate surface area is 106 Å². The number of aliphatic carboxylic acids is 1. The largest absolute Gasteiger partial charge is 0.481 e. The summed E-state index contributed by atoms with van der Waals surface area (Å²) in [5, 5.41) is 11.4. The second-order valence-corrected chi connectivity index (χ2v) is 3.93. The van der Waals surface area contributed by atoms with Crippen LogP contribution in [0.4, 0.5) is 10.5 Å². The van der Waals surface area contributed by atoms with Gasteiger partial charge in [-0.2, -0.15) is 0 Å². The smallest absolute Gasteiger partial charge is 0.321 e. The maximum atomic E-state index is 11.9. The number of nitrogens with one attached hydrogen (secondary N) is 1. The Bertz CT molecular complexity index is 392. The molecule has 5 nitrogen and oxygen atoms in total. The summed E-state index contributed by atoms with van der Waals surface area (Å²) in [6.07, 6.45) is 0.754. The molecule has 2 amide bonds. The number of carbonyl (C=O) groups excluding carboxylic acids is 1. The topological polar surface area (TPSA) is 69.6 Å². The van der Waals surface area contributed by atoms with Crippen LogP contribution in [0.5, 0.6) is 0 Å². The maximum Gasteiger partial charge on any atom is 0.321 e. The van der Waals surface area contributed by atoms with Gasteiger partial charge in [-0.25, -0.2) is 4.79 Å². The summed E-state index contributed by atoms with van der Waals surface area (Å²) in [6.45, 7) is 2.72. The average Bonchev–Trinajstić information content (AvgIpc) is 2.35. The molecule has 0 aromatic heterocycles. The Balaban J connectivity index is 2.56. The third-order valence-corrected chi connectivity index (χ3v) is 2.40. The maximum absolute atomic E-state index is 11.9. The standard InChI is InChI=1S/C13H18N2O3/c1-2-9-15(10-8-12(16)17)13(18)14-11-6-4-3-5-7-11/h3-7H,2,8-10H2,1H3,(H,14,18)(H,16,17). The van der Waals surface area contributed by atoms with Crippen LogP contribution in [0.15, 0.2) is 30.3 Å². The van der Waals surface area contributed by atoms with E-state index < -0.39 is 5.97 Å². The first kappa shape index (κ1) is 14.0. The monoisotopic (exact) mass is 250 g/mol. The van der Waals surface area contributed by atoms with Crippen LogP contribution in [0, 0.1) is 0 Å². The molecule has 0 saturated heterocycles. The third kappa shape index (κ3) is 4.86. The molecule has 0 aliphatic carbocycles. The zero-order chi connectivity index (χ0) is 13.4. The molecule has 2 N–H and O–H groups in total. The second-order valence-electron chi connectivity index (χ2n) is 3.93. The normalized spacial score (nSPS) is 9.83. The highest BCUT2D eigenvalue weighted by atomic mass is 16.4. The molecule has 0 unspecified atom stereocenters. The minimum Gasteiger partial charge on any atom is -0.481 e. The van der Waals surface area contributed by atoms with Gasteiger partial charge in [0, 0.05) is 18.8 Å². The van der Waals surface area contributed by atoms with Crippen LogP contribution in [0.25, 0.3) is 0 Å². The van der Waals surface area contributed by atoms with Crippen molar-refractivity contribution in [3.63, 3.8) is 0 Å². The lowest BCUT2D eigenvalue weighted by molar-refractivity contribution is -0.137. The van der Waals surface area contributed by atoms with E-state index in [0.29, 0.717) is 12.2 Å². The van der Waals surface area contributed by atoms with Crippen molar-refractivity contribution in [1.82, 2.24) is 4.90 Å². The molecule has 1 aromatic rings. The first-order valence-corrected chi connectivity index (χ1v) is 5.96. The fraction of sp³-hybridized carbons (Fsp3) is 0.385. The fourth-order valence-corrected chi connectivity index (χ4v) is 1.54. The van der Waals surface area contributed by atoms with Crippen molar-refractivity contribution in [2.24, 2.45) is 0 Å². The fourth-order valence-electron chi connectivity index (χ4n) is 1.54. The molecule has 0 saturated carbocycles. The SMILES string of the molecule is CCCN(CCC(=O)O)C(=O)Nc1ccccc1. The van der Waals surface area contributed by atoms with Crippen LogP contribution in [-0.2, 0) is 4.79 Å². The van der Waals surface area contributed by atoms with Crippen molar-refractivity contribution in [2.75, 3.05) is 18.4 Å². The molecule has 0 radical (unpaired) electrons. The van der Waals surface area contributed by atoms with Crippen molar-refractivity contribution in [3.8, 4) is 0 Å². The Hall–Kier alpha value is -2.04. The third-order valence-electron chi connectivity index (χ3n) is 2.40. The summed E-state index contributed by atoms with van der Waals surface area (Å²) in [6, 6.07) is 8.85. The molecule has 0 fully saturated rings. The highest BCUT2D eigenvalue weighted by Gasteiger charge is 2.13. The number of hydrogen-bond donors (Lipinski definition) is 2. The first-order chi connectivity index (χ1) is 8.63. The van der Waals surface area contributed by atoms with Crippen molar-refractivity contribution < 1.29 is 14.7 Å². The number of hydrogen-bond acceptors (Lipinski definition) is 2. The minimum absolute atomic E-state index is 0.0395. The van der Waals surface area contributed by atoms with Gasteiger partial charge in [0.05, 0.1) is 6.42 Å². The number of carbonyl (C=O) groups is 2. The summed E-state index contributed by atoms with van der Waals surface area (Å²) >= 11 is 0. The van der Waals surface area contributed by atoms with Gasteiger partial charge >= 0.3 is 12.0 Å². The van der Waals surface area contributed by atoms with Gasteiger partial charge in [0.2, 0.25) is 0 Å². The second kappa shape index (κ2) is 7.32. The van der Waals surface area contributed by atoms with E-state index in [1.54, 1.807) is 12.1 Å². The van der Waals surface area contributed by atoms with Gasteiger partial charge in [-0.3, -0.25) is 4.79 Å². The molecule has 0 aliphatic rings. The number of carboxylic acid groups (broad SMARTS) is 1. The van der Waals surface area contributed by atoms with Crippen LogP contribution in [0.2, 0.25) is 0 Å². The van der Waals surface area contributed by atoms with Gasteiger partial charge in [-0.05, 0) is 18.6 Å². The quantitative estimate of drug-likeness (QED) is 0.814. The molecule has 0 aliphatic heterocycles. The van der Waals surface area contributed by atoms with Crippen molar-refractivity contribution >= 4 is 17.7 Å². The van der Waals surface area contributed by atoms with Crippen LogP contribution >= 0.6 is 0 Å². The first-order valence-electron chi connectivity index (χ1n) is 5.96. The van der Waals surface area contributed by atoms with Gasteiger partial charge in [0.15, 0.2) is 0 Å². The van der Waals surface area contributed by atoms with Crippen molar-refractivity contribution in [2.45, 2.75) is 19.8 Å². The molecular weight excluding hydrogens is 232 g/mol. The van der Waals surface area contributed by atoms with E-state index in [1.807, 2.05) is 25.1 Å². The summed E-state index contributed by atoms with van der Waals surface area (Å²) in [7, 11) is 0. The number of carboxylic acids is 1. The summed E-state index contributed by atoms with van der Waals surface area (Å²) in [5.74, 6) is -0.899. The van der Waals surface area contributed by atoms with Gasteiger partial charge in [-0.1, -0.05) is 25.1 Å². The zero-order valence-corrected chi connectivity index (χ0v) is 10.4. The van der Waals surface area contributed by atoms with E-state index in [9.17, 15) is 9.59 Å². The Morgan fingerprint density at radius 1 is 1.22 bits per heavy atom. The van der Waals surface area contributed by atoms with Gasteiger partial charge < -0.3 is 15.3 Å². The zero-order valence-electron chi connectivity index (χ0n) is 10.4. The van der Waals surface area contributed by atoms with E-state index in [-0.39, 0.29) is 19.0 Å². The number of benzene rings is 1. The van der Waals surface area contributed by atoms with Crippen LogP contribution in [0.3, 0.4) is 0 Å². The molecule has 0 heterocycles. The molecule has 0 bridgehead atoms. The summed E-state index contributed by atoms with van der Waals surface area (Å²) in [5.41, 5.74) is 0.707. The lowest BCUT2D eigenvalue weighted by atomic mass is 10.3. The van der Waals surface area contributed by atoms with Gasteiger partial charge in [0.1, 0.15) is 0 Å². The van der Waals surface area contributed by atoms with Crippen LogP contribution in [0.1, 0.15) is 19.8 Å². The molecular formula is C13H18N2O3. The van der Waals surface area contributed by atoms with Gasteiger partial charge in [-0.15, -0.1) is 0 Å². The molecule has 1 rings (SSSR count). The summed E-state index contributed by atoms with van der Waals surface area (Å²) < 4.78 is 0. The average molecular weight is 250 g/mol. The van der Waals surface area contributed by atoms with E-state index >= 15 is 0 Å². The minimum atomic E-state index is -0.899. The highest BCUT2D eigenvalue weighted by Crippen LogP contribution is 2.07. The molecule has 98 valence electrons. The predicted octanol–water partition coefficient (Wildman–Crippen LogP) is 2.41. The summed E-state index contributed by atoms with van der Waals surface area (Å²) in [4.78, 5) is 24.0.